The lowest BCUT2D eigenvalue weighted by atomic mass is 10.00. The van der Waals surface area contributed by atoms with E-state index in [-0.39, 0.29) is 6.03 Å². The van der Waals surface area contributed by atoms with E-state index in [1.54, 1.807) is 0 Å². The third-order valence-corrected chi connectivity index (χ3v) is 5.58. The molecule has 1 aromatic rings. The summed E-state index contributed by atoms with van der Waals surface area (Å²) in [4.78, 5) is 14.0. The highest BCUT2D eigenvalue weighted by molar-refractivity contribution is 14.1. The third kappa shape index (κ3) is 3.60. The van der Waals surface area contributed by atoms with Crippen LogP contribution < -0.4 is 5.32 Å². The van der Waals surface area contributed by atoms with E-state index < -0.39 is 0 Å². The van der Waals surface area contributed by atoms with Gasteiger partial charge < -0.3 is 10.2 Å². The van der Waals surface area contributed by atoms with Gasteiger partial charge >= 0.3 is 6.03 Å². The third-order valence-electron chi connectivity index (χ3n) is 3.24. The second-order valence-electron chi connectivity index (χ2n) is 4.73. The molecular formula is C13H16BrIN2O. The maximum atomic E-state index is 12.1. The topological polar surface area (TPSA) is 32.3 Å². The molecule has 1 aromatic carbocycles. The van der Waals surface area contributed by atoms with E-state index in [2.05, 4.69) is 50.8 Å². The molecule has 1 aliphatic rings. The number of hydrogen-bond donors (Lipinski definition) is 1. The Kier molecular flexibility index (Phi) is 4.89. The molecule has 2 amide bonds. The van der Waals surface area contributed by atoms with Crippen molar-refractivity contribution >= 4 is 50.2 Å². The lowest BCUT2D eigenvalue weighted by molar-refractivity contribution is 0.186. The molecule has 0 bridgehead atoms. The molecular weight excluding hydrogens is 407 g/mol. The van der Waals surface area contributed by atoms with Crippen LogP contribution in [0.3, 0.4) is 0 Å². The summed E-state index contributed by atoms with van der Waals surface area (Å²) >= 11 is 5.72. The molecule has 0 unspecified atom stereocenters. The molecule has 5 heteroatoms. The fourth-order valence-electron chi connectivity index (χ4n) is 1.99. The SMILES string of the molecule is CC1CCN(C(=O)Nc2ccc(I)c(Br)c2)CC1. The molecule has 3 nitrogen and oxygen atoms in total. The molecule has 0 saturated carbocycles. The van der Waals surface area contributed by atoms with Crippen LogP contribution in [0.1, 0.15) is 19.8 Å². The molecule has 1 fully saturated rings. The van der Waals surface area contributed by atoms with E-state index in [0.29, 0.717) is 0 Å². The van der Waals surface area contributed by atoms with Crippen LogP contribution in [0.25, 0.3) is 0 Å². The van der Waals surface area contributed by atoms with Gasteiger partial charge in [-0.25, -0.2) is 4.79 Å². The molecule has 1 aliphatic heterocycles. The Balaban J connectivity index is 1.96. The predicted octanol–water partition coefficient (Wildman–Crippen LogP) is 4.32. The van der Waals surface area contributed by atoms with Crippen LogP contribution >= 0.6 is 38.5 Å². The summed E-state index contributed by atoms with van der Waals surface area (Å²) in [7, 11) is 0. The average Bonchev–Trinajstić information content (AvgIpc) is 2.34. The molecule has 18 heavy (non-hydrogen) atoms. The van der Waals surface area contributed by atoms with E-state index in [1.165, 1.54) is 0 Å². The zero-order chi connectivity index (χ0) is 13.1. The Morgan fingerprint density at radius 2 is 2.11 bits per heavy atom. The number of carbonyl (C=O) groups is 1. The Labute approximate surface area is 130 Å². The number of halogens is 2. The second-order valence-corrected chi connectivity index (χ2v) is 6.75. The normalized spacial score (nSPS) is 16.7. The lowest BCUT2D eigenvalue weighted by Crippen LogP contribution is -2.40. The van der Waals surface area contributed by atoms with E-state index in [1.807, 2.05) is 23.1 Å². The van der Waals surface area contributed by atoms with Crippen LogP contribution in [0.5, 0.6) is 0 Å². The highest BCUT2D eigenvalue weighted by Gasteiger charge is 2.20. The first-order chi connectivity index (χ1) is 8.56. The number of hydrogen-bond acceptors (Lipinski definition) is 1. The molecule has 0 radical (unpaired) electrons. The number of piperidine rings is 1. The quantitative estimate of drug-likeness (QED) is 0.671. The number of likely N-dealkylation sites (tertiary alicyclic amines) is 1. The number of carbonyl (C=O) groups excluding carboxylic acids is 1. The van der Waals surface area contributed by atoms with Crippen molar-refractivity contribution in [3.8, 4) is 0 Å². The number of rotatable bonds is 1. The Morgan fingerprint density at radius 1 is 1.44 bits per heavy atom. The molecule has 0 spiro atoms. The van der Waals surface area contributed by atoms with Gasteiger partial charge in [0.15, 0.2) is 0 Å². The van der Waals surface area contributed by atoms with Gasteiger partial charge in [-0.15, -0.1) is 0 Å². The van der Waals surface area contributed by atoms with Crippen molar-refractivity contribution in [2.45, 2.75) is 19.8 Å². The van der Waals surface area contributed by atoms with Crippen LogP contribution in [-0.4, -0.2) is 24.0 Å². The standard InChI is InChI=1S/C13H16BrIN2O/c1-9-4-6-17(7-5-9)13(18)16-10-2-3-12(15)11(14)8-10/h2-3,8-9H,4-7H2,1H3,(H,16,18). The summed E-state index contributed by atoms with van der Waals surface area (Å²) < 4.78 is 2.14. The van der Waals surface area contributed by atoms with E-state index in [0.717, 1.165) is 45.6 Å². The van der Waals surface area contributed by atoms with Crippen molar-refractivity contribution in [1.82, 2.24) is 4.90 Å². The Bertz CT molecular complexity index is 445. The summed E-state index contributed by atoms with van der Waals surface area (Å²) in [6.07, 6.45) is 2.20. The van der Waals surface area contributed by atoms with Gasteiger partial charge in [0.05, 0.1) is 0 Å². The fraction of sp³-hybridized carbons (Fsp3) is 0.462. The minimum Gasteiger partial charge on any atom is -0.325 e. The predicted molar refractivity (Wildman–Crippen MR) is 85.8 cm³/mol. The molecule has 0 atom stereocenters. The molecule has 98 valence electrons. The highest BCUT2D eigenvalue weighted by atomic mass is 127. The van der Waals surface area contributed by atoms with Crippen molar-refractivity contribution in [1.29, 1.82) is 0 Å². The Morgan fingerprint density at radius 3 is 2.72 bits per heavy atom. The van der Waals surface area contributed by atoms with E-state index >= 15 is 0 Å². The van der Waals surface area contributed by atoms with Crippen LogP contribution in [0.15, 0.2) is 22.7 Å². The largest absolute Gasteiger partial charge is 0.325 e. The van der Waals surface area contributed by atoms with Crippen LogP contribution in [0.2, 0.25) is 0 Å². The summed E-state index contributed by atoms with van der Waals surface area (Å²) in [6, 6.07) is 5.86. The summed E-state index contributed by atoms with van der Waals surface area (Å²) in [5.74, 6) is 0.737. The van der Waals surface area contributed by atoms with Gasteiger partial charge in [-0.05, 0) is 75.5 Å². The first-order valence-corrected chi connectivity index (χ1v) is 7.94. The number of benzene rings is 1. The van der Waals surface area contributed by atoms with Crippen molar-refractivity contribution < 1.29 is 4.79 Å². The van der Waals surface area contributed by atoms with Gasteiger partial charge in [0.25, 0.3) is 0 Å². The van der Waals surface area contributed by atoms with Crippen molar-refractivity contribution in [3.63, 3.8) is 0 Å². The number of anilines is 1. The molecule has 0 aliphatic carbocycles. The number of nitrogens with one attached hydrogen (secondary N) is 1. The molecule has 0 aromatic heterocycles. The average molecular weight is 423 g/mol. The minimum absolute atomic E-state index is 0.00927. The van der Waals surface area contributed by atoms with E-state index in [9.17, 15) is 4.79 Å². The summed E-state index contributed by atoms with van der Waals surface area (Å²) in [5, 5.41) is 2.95. The molecule has 1 heterocycles. The van der Waals surface area contributed by atoms with Crippen LogP contribution in [0.4, 0.5) is 10.5 Å². The van der Waals surface area contributed by atoms with Crippen LogP contribution in [0, 0.1) is 9.49 Å². The Hall–Kier alpha value is -0.300. The van der Waals surface area contributed by atoms with Gasteiger partial charge in [0.1, 0.15) is 0 Å². The van der Waals surface area contributed by atoms with Gasteiger partial charge in [0.2, 0.25) is 0 Å². The molecule has 1 N–H and O–H groups in total. The van der Waals surface area contributed by atoms with Crippen molar-refractivity contribution in [3.05, 3.63) is 26.2 Å². The van der Waals surface area contributed by atoms with E-state index in [4.69, 9.17) is 0 Å². The zero-order valence-corrected chi connectivity index (χ0v) is 14.0. The minimum atomic E-state index is 0.00927. The van der Waals surface area contributed by atoms with Crippen molar-refractivity contribution in [2.24, 2.45) is 5.92 Å². The zero-order valence-electron chi connectivity index (χ0n) is 10.2. The second kappa shape index (κ2) is 6.23. The van der Waals surface area contributed by atoms with Gasteiger partial charge in [-0.2, -0.15) is 0 Å². The van der Waals surface area contributed by atoms with Gasteiger partial charge in [-0.1, -0.05) is 6.92 Å². The van der Waals surface area contributed by atoms with Gasteiger partial charge in [-0.3, -0.25) is 0 Å². The number of amides is 2. The molecule has 1 saturated heterocycles. The number of urea groups is 1. The highest BCUT2D eigenvalue weighted by Crippen LogP contribution is 2.23. The number of nitrogens with zero attached hydrogens (tertiary/aromatic N) is 1. The maximum Gasteiger partial charge on any atom is 0.321 e. The summed E-state index contributed by atoms with van der Waals surface area (Å²) in [6.45, 7) is 3.96. The first kappa shape index (κ1) is 14.1. The molecule has 2 rings (SSSR count). The van der Waals surface area contributed by atoms with Crippen molar-refractivity contribution in [2.75, 3.05) is 18.4 Å². The first-order valence-electron chi connectivity index (χ1n) is 6.07. The van der Waals surface area contributed by atoms with Gasteiger partial charge in [0, 0.05) is 26.8 Å². The van der Waals surface area contributed by atoms with Crippen LogP contribution in [-0.2, 0) is 0 Å². The maximum absolute atomic E-state index is 12.1. The lowest BCUT2D eigenvalue weighted by Gasteiger charge is -2.30. The smallest absolute Gasteiger partial charge is 0.321 e. The fourth-order valence-corrected chi connectivity index (χ4v) is 2.70. The monoisotopic (exact) mass is 422 g/mol. The summed E-state index contributed by atoms with van der Waals surface area (Å²) in [5.41, 5.74) is 0.839.